The van der Waals surface area contributed by atoms with E-state index in [0.717, 1.165) is 0 Å². The molecular weight excluding hydrogens is 128 g/mol. The molecule has 0 unspecified atom stereocenters. The second-order valence-electron chi connectivity index (χ2n) is 2.40. The number of nitrogens with zero attached hydrogens (tertiary/aromatic N) is 1. The van der Waals surface area contributed by atoms with E-state index >= 15 is 0 Å². The average Bonchev–Trinajstić information content (AvgIpc) is 2.13. The van der Waals surface area contributed by atoms with Gasteiger partial charge in [0.25, 0.3) is 0 Å². The Morgan fingerprint density at radius 2 is 2.22 bits per heavy atom. The zero-order valence-corrected chi connectivity index (χ0v) is 6.91. The highest BCUT2D eigenvalue weighted by molar-refractivity contribution is 7.99. The van der Waals surface area contributed by atoms with Crippen LogP contribution in [0.5, 0.6) is 0 Å². The van der Waals surface area contributed by atoms with Crippen molar-refractivity contribution < 1.29 is 0 Å². The maximum atomic E-state index is 2.53. The molecule has 1 aliphatic heterocycles. The first-order chi connectivity index (χ1) is 4.43. The molecule has 0 N–H and O–H groups in total. The van der Waals surface area contributed by atoms with E-state index in [1.54, 1.807) is 0 Å². The van der Waals surface area contributed by atoms with E-state index in [1.165, 1.54) is 38.3 Å². The van der Waals surface area contributed by atoms with Crippen LogP contribution in [0.4, 0.5) is 0 Å². The predicted octanol–water partition coefficient (Wildman–Crippen LogP) is -0.675. The fourth-order valence-electron chi connectivity index (χ4n) is 1.11. The van der Waals surface area contributed by atoms with Crippen molar-refractivity contribution in [3.63, 3.8) is 0 Å². The van der Waals surface area contributed by atoms with Crippen molar-refractivity contribution in [3.8, 4) is 0 Å². The Morgan fingerprint density at radius 3 is 3.00 bits per heavy atom. The van der Waals surface area contributed by atoms with Crippen LogP contribution >= 0.6 is 11.8 Å². The third kappa shape index (κ3) is 2.67. The first-order valence-electron chi connectivity index (χ1n) is 3.73. The van der Waals surface area contributed by atoms with E-state index in [-0.39, 0.29) is 0 Å². The van der Waals surface area contributed by atoms with Crippen LogP contribution < -0.4 is 0 Å². The molecule has 1 heterocycles. The molecule has 0 radical (unpaired) electrons. The van der Waals surface area contributed by atoms with Crippen molar-refractivity contribution >= 4 is 26.8 Å². The quantitative estimate of drug-likeness (QED) is 0.445. The summed E-state index contributed by atoms with van der Waals surface area (Å²) in [5.41, 5.74) is 0. The van der Waals surface area contributed by atoms with Gasteiger partial charge >= 0.3 is 0 Å². The van der Waals surface area contributed by atoms with Crippen molar-refractivity contribution in [2.45, 2.75) is 6.42 Å². The van der Waals surface area contributed by atoms with Gasteiger partial charge in [0.15, 0.2) is 7.31 Å². The maximum absolute atomic E-state index is 2.53. The first-order valence-corrected chi connectivity index (χ1v) is 4.89. The highest BCUT2D eigenvalue weighted by Crippen LogP contribution is 2.07. The SMILES string of the molecule is BBN1CCCSCC1. The molecule has 1 aliphatic rings. The first kappa shape index (κ1) is 7.55. The molecule has 1 rings (SSSR count). The average molecular weight is 141 g/mol. The second kappa shape index (κ2) is 4.29. The zero-order valence-electron chi connectivity index (χ0n) is 6.10. The minimum Gasteiger partial charge on any atom is -0.352 e. The molecule has 0 aromatic rings. The molecule has 1 saturated heterocycles. The Balaban J connectivity index is 2.18. The van der Waals surface area contributed by atoms with Crippen LogP contribution in [0.3, 0.4) is 0 Å². The van der Waals surface area contributed by atoms with E-state index in [0.29, 0.717) is 0 Å². The molecule has 0 amide bonds. The molecule has 0 aromatic carbocycles. The summed E-state index contributed by atoms with van der Waals surface area (Å²) in [5.74, 6) is 2.71. The molecule has 0 bridgehead atoms. The summed E-state index contributed by atoms with van der Waals surface area (Å²) in [6.45, 7) is 2.63. The van der Waals surface area contributed by atoms with Gasteiger partial charge in [0, 0.05) is 5.75 Å². The van der Waals surface area contributed by atoms with E-state index in [2.05, 4.69) is 24.3 Å². The summed E-state index contributed by atoms with van der Waals surface area (Å²) in [6.07, 6.45) is 1.39. The summed E-state index contributed by atoms with van der Waals surface area (Å²) < 4.78 is 0. The Labute approximate surface area is 63.2 Å². The lowest BCUT2D eigenvalue weighted by molar-refractivity contribution is 0.484. The van der Waals surface area contributed by atoms with Gasteiger partial charge < -0.3 is 4.81 Å². The Bertz CT molecular complexity index is 73.4. The molecule has 0 aliphatic carbocycles. The zero-order chi connectivity index (χ0) is 6.53. The van der Waals surface area contributed by atoms with Gasteiger partial charge in [-0.1, -0.05) is 0 Å². The largest absolute Gasteiger partial charge is 0.352 e. The fraction of sp³-hybridized carbons (Fsp3) is 1.00. The van der Waals surface area contributed by atoms with Gasteiger partial charge in [0.1, 0.15) is 0 Å². The van der Waals surface area contributed by atoms with Crippen molar-refractivity contribution in [1.82, 2.24) is 4.81 Å². The molecule has 0 spiro atoms. The summed E-state index contributed by atoms with van der Waals surface area (Å²) in [4.78, 5) is 2.53. The summed E-state index contributed by atoms with van der Waals surface area (Å²) in [6, 6.07) is 0. The molecule has 1 nitrogen and oxygen atoms in total. The molecule has 4 heteroatoms. The van der Waals surface area contributed by atoms with E-state index in [9.17, 15) is 0 Å². The van der Waals surface area contributed by atoms with Gasteiger partial charge in [-0.15, -0.1) is 0 Å². The molecule has 0 saturated carbocycles. The molecular formula is C5H13B2NS. The van der Waals surface area contributed by atoms with Crippen molar-refractivity contribution in [3.05, 3.63) is 0 Å². The van der Waals surface area contributed by atoms with Gasteiger partial charge in [0.2, 0.25) is 0 Å². The summed E-state index contributed by atoms with van der Waals surface area (Å²) >= 11 is 2.09. The fourth-order valence-corrected chi connectivity index (χ4v) is 2.04. The molecule has 0 atom stereocenters. The summed E-state index contributed by atoms with van der Waals surface area (Å²) in [7, 11) is 3.48. The minimum atomic E-state index is 1.24. The number of hydrogen-bond acceptors (Lipinski definition) is 2. The smallest absolute Gasteiger partial charge is 0.161 e. The minimum absolute atomic E-state index is 1.24. The molecule has 0 aromatic heterocycles. The summed E-state index contributed by atoms with van der Waals surface area (Å²) in [5, 5.41) is 0. The lowest BCUT2D eigenvalue weighted by Crippen LogP contribution is -2.30. The Morgan fingerprint density at radius 1 is 1.33 bits per heavy atom. The standard InChI is InChI=1S/C5H13B2NS/c6-7-8-2-1-4-9-5-3-8/h7H,1-6H2. The monoisotopic (exact) mass is 141 g/mol. The van der Waals surface area contributed by atoms with Gasteiger partial charge in [-0.3, -0.25) is 0 Å². The number of hydrogen-bond donors (Lipinski definition) is 0. The van der Waals surface area contributed by atoms with Crippen LogP contribution in [0.2, 0.25) is 0 Å². The topological polar surface area (TPSA) is 3.24 Å². The van der Waals surface area contributed by atoms with E-state index < -0.39 is 0 Å². The van der Waals surface area contributed by atoms with Gasteiger partial charge in [-0.25, -0.2) is 0 Å². The third-order valence-corrected chi connectivity index (χ3v) is 2.81. The molecule has 50 valence electrons. The van der Waals surface area contributed by atoms with Crippen LogP contribution in [-0.2, 0) is 0 Å². The van der Waals surface area contributed by atoms with E-state index in [1.807, 2.05) is 0 Å². The third-order valence-electron chi connectivity index (χ3n) is 1.76. The highest BCUT2D eigenvalue weighted by atomic mass is 32.2. The van der Waals surface area contributed by atoms with Crippen LogP contribution in [0, 0.1) is 0 Å². The van der Waals surface area contributed by atoms with Crippen molar-refractivity contribution in [2.24, 2.45) is 0 Å². The highest BCUT2D eigenvalue weighted by Gasteiger charge is 2.05. The normalized spacial score (nSPS) is 23.1. The molecule has 1 fully saturated rings. The van der Waals surface area contributed by atoms with Crippen LogP contribution in [0.15, 0.2) is 0 Å². The maximum Gasteiger partial charge on any atom is 0.161 e. The van der Waals surface area contributed by atoms with Crippen molar-refractivity contribution in [1.29, 1.82) is 0 Å². The lowest BCUT2D eigenvalue weighted by atomic mass is 9.65. The van der Waals surface area contributed by atoms with Crippen LogP contribution in [-0.4, -0.2) is 44.4 Å². The lowest BCUT2D eigenvalue weighted by Gasteiger charge is -2.15. The van der Waals surface area contributed by atoms with Crippen molar-refractivity contribution in [2.75, 3.05) is 24.6 Å². The van der Waals surface area contributed by atoms with E-state index in [4.69, 9.17) is 0 Å². The van der Waals surface area contributed by atoms with Gasteiger partial charge in [-0.2, -0.15) is 11.8 Å². The van der Waals surface area contributed by atoms with Crippen LogP contribution in [0.1, 0.15) is 6.42 Å². The predicted molar refractivity (Wildman–Crippen MR) is 49.2 cm³/mol. The second-order valence-corrected chi connectivity index (χ2v) is 3.62. The van der Waals surface area contributed by atoms with Gasteiger partial charge in [0.05, 0.1) is 7.74 Å². The molecule has 9 heavy (non-hydrogen) atoms. The Kier molecular flexibility index (Phi) is 3.59. The number of thioether (sulfide) groups is 1. The van der Waals surface area contributed by atoms with Gasteiger partial charge in [-0.05, 0) is 25.3 Å². The van der Waals surface area contributed by atoms with Crippen LogP contribution in [0.25, 0.3) is 0 Å². The Hall–Kier alpha value is 0.440. The number of rotatable bonds is 1.